The first-order chi connectivity index (χ1) is 9.69. The summed E-state index contributed by atoms with van der Waals surface area (Å²) < 4.78 is 5.94. The van der Waals surface area contributed by atoms with Crippen LogP contribution in [0.5, 0.6) is 0 Å². The molecule has 0 aromatic rings. The van der Waals surface area contributed by atoms with Gasteiger partial charge < -0.3 is 15.4 Å². The average Bonchev–Trinajstić information content (AvgIpc) is 2.89. The minimum atomic E-state index is 0. The number of rotatable bonds is 5. The molecule has 2 rings (SSSR count). The zero-order valence-electron chi connectivity index (χ0n) is 13.6. The zero-order chi connectivity index (χ0) is 14.4. The maximum Gasteiger partial charge on any atom is 0.191 e. The summed E-state index contributed by atoms with van der Waals surface area (Å²) in [5.74, 6) is 1.60. The summed E-state index contributed by atoms with van der Waals surface area (Å²) in [4.78, 5) is 6.84. The molecule has 2 saturated heterocycles. The Bertz CT molecular complexity index is 325. The van der Waals surface area contributed by atoms with E-state index >= 15 is 0 Å². The van der Waals surface area contributed by atoms with Crippen molar-refractivity contribution in [3.8, 4) is 0 Å². The second-order valence-electron chi connectivity index (χ2n) is 6.31. The molecule has 0 saturated carbocycles. The number of fused-ring (bicyclic) bond motifs is 1. The van der Waals surface area contributed by atoms with Crippen LogP contribution in [-0.2, 0) is 4.74 Å². The summed E-state index contributed by atoms with van der Waals surface area (Å²) in [5, 5.41) is 6.74. The Morgan fingerprint density at radius 2 is 2.19 bits per heavy atom. The first-order valence-electron chi connectivity index (χ1n) is 7.99. The Labute approximate surface area is 146 Å². The van der Waals surface area contributed by atoms with E-state index in [1.54, 1.807) is 0 Å². The standard InChI is InChI=1S/C15H30N4O.HI/c1-12(2)6-7-17-15(16-3)18-9-14-10-19-8-4-5-13(19)11-20-14;/h12-14H,4-11H2,1-3H3,(H2,16,17,18);1H. The van der Waals surface area contributed by atoms with Crippen LogP contribution < -0.4 is 10.6 Å². The highest BCUT2D eigenvalue weighted by Crippen LogP contribution is 2.22. The van der Waals surface area contributed by atoms with Crippen molar-refractivity contribution >= 4 is 29.9 Å². The molecule has 2 heterocycles. The van der Waals surface area contributed by atoms with Gasteiger partial charge in [0.2, 0.25) is 0 Å². The normalized spacial score (nSPS) is 26.4. The van der Waals surface area contributed by atoms with Crippen molar-refractivity contribution in [3.63, 3.8) is 0 Å². The molecule has 124 valence electrons. The van der Waals surface area contributed by atoms with E-state index in [9.17, 15) is 0 Å². The number of nitrogens with zero attached hydrogens (tertiary/aromatic N) is 2. The van der Waals surface area contributed by atoms with Crippen LogP contribution in [0.25, 0.3) is 0 Å². The van der Waals surface area contributed by atoms with E-state index in [2.05, 4.69) is 34.4 Å². The molecular weight excluding hydrogens is 379 g/mol. The fraction of sp³-hybridized carbons (Fsp3) is 0.933. The highest BCUT2D eigenvalue weighted by Gasteiger charge is 2.31. The topological polar surface area (TPSA) is 48.9 Å². The molecular formula is C15H31IN4O. The maximum atomic E-state index is 5.94. The van der Waals surface area contributed by atoms with E-state index < -0.39 is 0 Å². The molecule has 0 aromatic heterocycles. The number of halogens is 1. The summed E-state index contributed by atoms with van der Waals surface area (Å²) in [5.41, 5.74) is 0. The first-order valence-corrected chi connectivity index (χ1v) is 7.99. The summed E-state index contributed by atoms with van der Waals surface area (Å²) in [6.45, 7) is 9.47. The molecule has 2 atom stereocenters. The Balaban J connectivity index is 0.00000220. The van der Waals surface area contributed by atoms with Gasteiger partial charge in [0.25, 0.3) is 0 Å². The molecule has 0 bridgehead atoms. The number of hydrogen-bond donors (Lipinski definition) is 2. The second kappa shape index (κ2) is 9.84. The lowest BCUT2D eigenvalue weighted by atomic mass is 10.1. The van der Waals surface area contributed by atoms with E-state index in [0.29, 0.717) is 6.04 Å². The lowest BCUT2D eigenvalue weighted by molar-refractivity contribution is -0.0453. The van der Waals surface area contributed by atoms with Crippen LogP contribution in [0.3, 0.4) is 0 Å². The molecule has 0 aromatic carbocycles. The third kappa shape index (κ3) is 6.28. The fourth-order valence-corrected chi connectivity index (χ4v) is 2.92. The zero-order valence-corrected chi connectivity index (χ0v) is 15.9. The van der Waals surface area contributed by atoms with E-state index in [4.69, 9.17) is 4.74 Å². The Kier molecular flexibility index (Phi) is 8.89. The fourth-order valence-electron chi connectivity index (χ4n) is 2.92. The van der Waals surface area contributed by atoms with Gasteiger partial charge in [-0.25, -0.2) is 0 Å². The third-order valence-electron chi connectivity index (χ3n) is 4.20. The van der Waals surface area contributed by atoms with E-state index in [1.807, 2.05) is 7.05 Å². The number of hydrogen-bond acceptors (Lipinski definition) is 3. The SMILES string of the molecule is CN=C(NCCC(C)C)NCC1CN2CCCC2CO1.I. The molecule has 0 amide bonds. The molecule has 6 heteroatoms. The van der Waals surface area contributed by atoms with Gasteiger partial charge in [-0.3, -0.25) is 9.89 Å². The molecule has 21 heavy (non-hydrogen) atoms. The quantitative estimate of drug-likeness (QED) is 0.412. The lowest BCUT2D eigenvalue weighted by Crippen LogP contribution is -2.51. The Morgan fingerprint density at radius 1 is 1.38 bits per heavy atom. The van der Waals surface area contributed by atoms with Crippen LogP contribution in [0.15, 0.2) is 4.99 Å². The molecule has 2 fully saturated rings. The van der Waals surface area contributed by atoms with Gasteiger partial charge in [-0.2, -0.15) is 0 Å². The van der Waals surface area contributed by atoms with Gasteiger partial charge in [0.1, 0.15) is 0 Å². The summed E-state index contributed by atoms with van der Waals surface area (Å²) >= 11 is 0. The average molecular weight is 410 g/mol. The van der Waals surface area contributed by atoms with Crippen LogP contribution in [0.1, 0.15) is 33.1 Å². The maximum absolute atomic E-state index is 5.94. The minimum Gasteiger partial charge on any atom is -0.373 e. The van der Waals surface area contributed by atoms with Gasteiger partial charge >= 0.3 is 0 Å². The number of ether oxygens (including phenoxy) is 1. The molecule has 2 aliphatic rings. The molecule has 0 spiro atoms. The molecule has 2 aliphatic heterocycles. The molecule has 0 radical (unpaired) electrons. The van der Waals surface area contributed by atoms with Crippen LogP contribution in [-0.4, -0.2) is 62.8 Å². The highest BCUT2D eigenvalue weighted by atomic mass is 127. The van der Waals surface area contributed by atoms with Crippen molar-refractivity contribution in [2.24, 2.45) is 10.9 Å². The second-order valence-corrected chi connectivity index (χ2v) is 6.31. The smallest absolute Gasteiger partial charge is 0.191 e. The number of morpholine rings is 1. The Morgan fingerprint density at radius 3 is 2.90 bits per heavy atom. The molecule has 2 unspecified atom stereocenters. The van der Waals surface area contributed by atoms with Crippen molar-refractivity contribution in [3.05, 3.63) is 0 Å². The monoisotopic (exact) mass is 410 g/mol. The van der Waals surface area contributed by atoms with E-state index in [-0.39, 0.29) is 30.1 Å². The van der Waals surface area contributed by atoms with Crippen molar-refractivity contribution < 1.29 is 4.74 Å². The van der Waals surface area contributed by atoms with Crippen molar-refractivity contribution in [1.82, 2.24) is 15.5 Å². The Hall–Kier alpha value is -0.0800. The third-order valence-corrected chi connectivity index (χ3v) is 4.20. The van der Waals surface area contributed by atoms with Gasteiger partial charge in [0.15, 0.2) is 5.96 Å². The predicted octanol–water partition coefficient (Wildman–Crippen LogP) is 1.68. The number of nitrogens with one attached hydrogen (secondary N) is 2. The molecule has 0 aliphatic carbocycles. The van der Waals surface area contributed by atoms with Crippen LogP contribution in [0.4, 0.5) is 0 Å². The van der Waals surface area contributed by atoms with Gasteiger partial charge in [-0.05, 0) is 31.7 Å². The van der Waals surface area contributed by atoms with Gasteiger partial charge in [-0.1, -0.05) is 13.8 Å². The van der Waals surface area contributed by atoms with Gasteiger partial charge in [0, 0.05) is 32.7 Å². The highest BCUT2D eigenvalue weighted by molar-refractivity contribution is 14.0. The summed E-state index contributed by atoms with van der Waals surface area (Å²) in [6.07, 6.45) is 4.08. The van der Waals surface area contributed by atoms with E-state index in [1.165, 1.54) is 19.4 Å². The largest absolute Gasteiger partial charge is 0.373 e. The summed E-state index contributed by atoms with van der Waals surface area (Å²) in [7, 11) is 1.82. The molecule has 5 nitrogen and oxygen atoms in total. The first kappa shape index (κ1) is 19.0. The number of guanidine groups is 1. The molecule has 2 N–H and O–H groups in total. The summed E-state index contributed by atoms with van der Waals surface area (Å²) in [6, 6.07) is 0.676. The van der Waals surface area contributed by atoms with Crippen molar-refractivity contribution in [2.75, 3.05) is 39.8 Å². The lowest BCUT2D eigenvalue weighted by Gasteiger charge is -2.35. The van der Waals surface area contributed by atoms with Gasteiger partial charge in [0.05, 0.1) is 12.7 Å². The van der Waals surface area contributed by atoms with Crippen LogP contribution in [0, 0.1) is 5.92 Å². The predicted molar refractivity (Wildman–Crippen MR) is 98.6 cm³/mol. The van der Waals surface area contributed by atoms with Crippen molar-refractivity contribution in [1.29, 1.82) is 0 Å². The van der Waals surface area contributed by atoms with Crippen LogP contribution >= 0.6 is 24.0 Å². The van der Waals surface area contributed by atoms with Crippen molar-refractivity contribution in [2.45, 2.75) is 45.3 Å². The minimum absolute atomic E-state index is 0. The van der Waals surface area contributed by atoms with Gasteiger partial charge in [-0.15, -0.1) is 24.0 Å². The number of aliphatic imine (C=N–C) groups is 1. The van der Waals surface area contributed by atoms with E-state index in [0.717, 1.165) is 44.5 Å². The van der Waals surface area contributed by atoms with Crippen LogP contribution in [0.2, 0.25) is 0 Å².